The van der Waals surface area contributed by atoms with Gasteiger partial charge >= 0.3 is 0 Å². The van der Waals surface area contributed by atoms with E-state index >= 15 is 0 Å². The minimum atomic E-state index is -0.0509. The van der Waals surface area contributed by atoms with Gasteiger partial charge in [0, 0.05) is 82.8 Å². The summed E-state index contributed by atoms with van der Waals surface area (Å²) in [6, 6.07) is 0. The van der Waals surface area contributed by atoms with Crippen molar-refractivity contribution in [2.24, 2.45) is 0 Å². The Kier molecular flexibility index (Phi) is 83.9. The van der Waals surface area contributed by atoms with E-state index in [1.165, 1.54) is 0 Å². The van der Waals surface area contributed by atoms with Gasteiger partial charge in [0.2, 0.25) is 0 Å². The maximum Gasteiger partial charge on any atom is 0.157 e. The van der Waals surface area contributed by atoms with Crippen LogP contribution in [-0.4, -0.2) is 235 Å². The van der Waals surface area contributed by atoms with Gasteiger partial charge in [-0.15, -0.1) is 0 Å². The monoisotopic (exact) mass is 1320 g/mol. The van der Waals surface area contributed by atoms with Gasteiger partial charge in [0.25, 0.3) is 0 Å². The van der Waals surface area contributed by atoms with Crippen LogP contribution in [0.3, 0.4) is 0 Å². The third kappa shape index (κ3) is 71.3. The minimum Gasteiger partial charge on any atom is -0.356 e. The van der Waals surface area contributed by atoms with Crippen LogP contribution >= 0.6 is 0 Å². The first-order chi connectivity index (χ1) is 42.9. The molecule has 11 atom stereocenters. The first-order valence-corrected chi connectivity index (χ1v) is 33.3. The summed E-state index contributed by atoms with van der Waals surface area (Å²) in [6.45, 7) is 52.6. The predicted molar refractivity (Wildman–Crippen MR) is 352 cm³/mol. The van der Waals surface area contributed by atoms with E-state index in [1.54, 1.807) is 49.8 Å². The van der Waals surface area contributed by atoms with Crippen molar-refractivity contribution in [2.45, 2.75) is 310 Å². The summed E-state index contributed by atoms with van der Waals surface area (Å²) in [6.07, 6.45) is 9.57. The molecule has 6 rings (SSSR count). The van der Waals surface area contributed by atoms with Gasteiger partial charge in [0.05, 0.1) is 76.8 Å². The van der Waals surface area contributed by atoms with E-state index in [4.69, 9.17) is 114 Å². The molecule has 0 aliphatic carbocycles. The Labute approximate surface area is 550 Å². The fraction of sp³-hybridized carbons (Fsp3) is 1.00. The SMILES string of the molecule is CC1COC(C)O1.CC1OC(C)C(C)O1.CC1OCCO1.CCC(OC)OC.CCC1COC(C)O1.CCC1OCC(C)O1.CCC1OCCO1.CCCC(OC)OC.CCCOC(C)OC.CCOC(C)OC.CCOC(C)OCC.CCOC(CC)OC. The zero-order chi connectivity index (χ0) is 69.9. The Hall–Kier alpha value is -0.960. The lowest BCUT2D eigenvalue weighted by atomic mass is 10.3. The highest BCUT2D eigenvalue weighted by Crippen LogP contribution is 2.17. The molecule has 6 heterocycles. The van der Waals surface area contributed by atoms with Crippen LogP contribution in [0.1, 0.15) is 204 Å². The van der Waals surface area contributed by atoms with Gasteiger partial charge in [-0.3, -0.25) is 0 Å². The van der Waals surface area contributed by atoms with E-state index in [1.807, 2.05) is 118 Å². The average Bonchev–Trinajstić information content (AvgIpc) is 4.61. The average molecular weight is 1320 g/mol. The van der Waals surface area contributed by atoms with Gasteiger partial charge in [-0.1, -0.05) is 54.9 Å². The Morgan fingerprint density at radius 2 is 0.744 bits per heavy atom. The van der Waals surface area contributed by atoms with Crippen LogP contribution in [0.15, 0.2) is 0 Å². The molecule has 552 valence electrons. The molecule has 6 aliphatic rings. The summed E-state index contributed by atoms with van der Waals surface area (Å²) in [7, 11) is 11.5. The van der Waals surface area contributed by atoms with E-state index in [2.05, 4.69) is 34.6 Å². The van der Waals surface area contributed by atoms with Crippen LogP contribution in [0, 0.1) is 0 Å². The van der Waals surface area contributed by atoms with Crippen LogP contribution in [0.2, 0.25) is 0 Å². The Bertz CT molecular complexity index is 1220. The molecule has 0 aromatic heterocycles. The van der Waals surface area contributed by atoms with Crippen molar-refractivity contribution >= 4 is 0 Å². The number of hydrogen-bond donors (Lipinski definition) is 0. The molecule has 6 fully saturated rings. The molecule has 0 saturated carbocycles. The normalized spacial score (nSPS) is 24.1. The predicted octanol–water partition coefficient (Wildman–Crippen LogP) is 13.0. The zero-order valence-corrected chi connectivity index (χ0v) is 62.8. The smallest absolute Gasteiger partial charge is 0.157 e. The van der Waals surface area contributed by atoms with Crippen LogP contribution in [0.5, 0.6) is 0 Å². The molecular weight excluding hydrogens is 1180 g/mol. The lowest BCUT2D eigenvalue weighted by molar-refractivity contribution is -0.123. The van der Waals surface area contributed by atoms with E-state index < -0.39 is 0 Å². The lowest BCUT2D eigenvalue weighted by Gasteiger charge is -2.11. The Morgan fingerprint density at radius 3 is 0.933 bits per heavy atom. The summed E-state index contributed by atoms with van der Waals surface area (Å²) in [5.41, 5.74) is 0. The number of ether oxygens (including phenoxy) is 24. The minimum absolute atomic E-state index is 0.000000000000000222. The molecule has 0 N–H and O–H groups in total. The topological polar surface area (TPSA) is 222 Å². The van der Waals surface area contributed by atoms with Gasteiger partial charge in [-0.25, -0.2) is 0 Å². The summed E-state index contributed by atoms with van der Waals surface area (Å²) >= 11 is 0. The number of rotatable bonds is 25. The second kappa shape index (κ2) is 75.4. The van der Waals surface area contributed by atoms with Crippen LogP contribution in [-0.2, 0) is 114 Å². The molecule has 0 radical (unpaired) electrons. The molecule has 0 aromatic rings. The Balaban J connectivity index is -0.000000214. The summed E-state index contributed by atoms with van der Waals surface area (Å²) in [5.74, 6) is 0. The highest BCUT2D eigenvalue weighted by atomic mass is 16.8. The van der Waals surface area contributed by atoms with E-state index in [9.17, 15) is 0 Å². The maximum absolute atomic E-state index is 5.29. The molecule has 6 aliphatic heterocycles. The first-order valence-electron chi connectivity index (χ1n) is 33.3. The molecule has 24 heteroatoms. The van der Waals surface area contributed by atoms with E-state index in [0.29, 0.717) is 18.3 Å². The largest absolute Gasteiger partial charge is 0.356 e. The number of methoxy groups -OCH3 is 7. The standard InChI is InChI=1S/3C6H12O2.4C6H14O2.2C5H10O2.2C5H12O2.C4H8O2/c1-4-5(2)8-6(3)7-4;1-3-6-4-7-5(2)8-6;1-3-6-7-4-5(2)8-6;1-4-5-6(7-2)8-3;1-4-5-8-6(2)7-3;1-4-6(7-3)8-5-2;1-4-7-6(3)8-5-2;1-4-3-6-5(2)7-4;1-2-5-6-3-4-7-5;1-4-5(6-2)7-3;1-4-7-5(2)6-3;1-4-5-2-3-6-4/h4-6H,1-3H3;2*5-6H,3-4H2,1-2H3;4*6H,4-5H2,1-3H3;4-5H,3H2,1-2H3;5H,2-4H2,1H3;2*5H,4H2,1-3H3;4H,2-3H2,1H3. The lowest BCUT2D eigenvalue weighted by Crippen LogP contribution is -2.13. The number of hydrogen-bond acceptors (Lipinski definition) is 24. The fourth-order valence-corrected chi connectivity index (χ4v) is 6.96. The highest BCUT2D eigenvalue weighted by molar-refractivity contribution is 4.66. The van der Waals surface area contributed by atoms with Crippen LogP contribution in [0.4, 0.5) is 0 Å². The van der Waals surface area contributed by atoms with Crippen molar-refractivity contribution in [2.75, 3.05) is 129 Å². The van der Waals surface area contributed by atoms with Crippen molar-refractivity contribution in [3.63, 3.8) is 0 Å². The van der Waals surface area contributed by atoms with Gasteiger partial charge in [-0.2, -0.15) is 0 Å². The quantitative estimate of drug-likeness (QED) is 0.0775. The third-order valence-corrected chi connectivity index (χ3v) is 12.1. The van der Waals surface area contributed by atoms with Gasteiger partial charge < -0.3 is 114 Å². The van der Waals surface area contributed by atoms with Crippen LogP contribution in [0.25, 0.3) is 0 Å². The molecule has 0 aromatic carbocycles. The van der Waals surface area contributed by atoms with Crippen molar-refractivity contribution in [1.82, 2.24) is 0 Å². The molecule has 24 nitrogen and oxygen atoms in total. The van der Waals surface area contributed by atoms with Crippen molar-refractivity contribution in [3.8, 4) is 0 Å². The highest BCUT2D eigenvalue weighted by Gasteiger charge is 2.26. The summed E-state index contributed by atoms with van der Waals surface area (Å²) in [4.78, 5) is 0. The van der Waals surface area contributed by atoms with Gasteiger partial charge in [0.1, 0.15) is 0 Å². The first kappa shape index (κ1) is 100. The zero-order valence-electron chi connectivity index (χ0n) is 62.8. The molecule has 11 unspecified atom stereocenters. The van der Waals surface area contributed by atoms with Crippen molar-refractivity contribution in [3.05, 3.63) is 0 Å². The van der Waals surface area contributed by atoms with Crippen molar-refractivity contribution < 1.29 is 114 Å². The molecular formula is C66H144O24. The molecule has 6 saturated heterocycles. The maximum atomic E-state index is 5.29. The molecule has 0 amide bonds. The molecule has 0 spiro atoms. The van der Waals surface area contributed by atoms with Crippen LogP contribution < -0.4 is 0 Å². The Morgan fingerprint density at radius 1 is 0.333 bits per heavy atom. The fourth-order valence-electron chi connectivity index (χ4n) is 6.96. The third-order valence-electron chi connectivity index (χ3n) is 12.1. The second-order valence-corrected chi connectivity index (χ2v) is 20.1. The summed E-state index contributed by atoms with van der Waals surface area (Å²) < 4.78 is 121. The van der Waals surface area contributed by atoms with Gasteiger partial charge in [0.15, 0.2) is 75.5 Å². The summed E-state index contributed by atoms with van der Waals surface area (Å²) in [5, 5.41) is 0. The van der Waals surface area contributed by atoms with E-state index in [-0.39, 0.29) is 87.7 Å². The van der Waals surface area contributed by atoms with E-state index in [0.717, 1.165) is 131 Å². The molecule has 90 heavy (non-hydrogen) atoms. The van der Waals surface area contributed by atoms with Gasteiger partial charge in [-0.05, 0) is 149 Å². The second-order valence-electron chi connectivity index (χ2n) is 20.1. The van der Waals surface area contributed by atoms with Crippen molar-refractivity contribution in [1.29, 1.82) is 0 Å². The molecule has 0 bridgehead atoms.